The second-order valence-corrected chi connectivity index (χ2v) is 5.74. The molecule has 0 saturated carbocycles. The Labute approximate surface area is 126 Å². The van der Waals surface area contributed by atoms with Crippen molar-refractivity contribution in [1.29, 1.82) is 0 Å². The summed E-state index contributed by atoms with van der Waals surface area (Å²) in [5.41, 5.74) is 11.0. The molecule has 0 saturated heterocycles. The molecule has 0 aliphatic rings. The van der Waals surface area contributed by atoms with Crippen LogP contribution in [-0.2, 0) is 6.42 Å². The van der Waals surface area contributed by atoms with Gasteiger partial charge in [-0.3, -0.25) is 0 Å². The first-order chi connectivity index (χ1) is 9.61. The minimum Gasteiger partial charge on any atom is -0.320 e. The molecule has 0 aliphatic carbocycles. The summed E-state index contributed by atoms with van der Waals surface area (Å²) >= 11 is 6.06. The van der Waals surface area contributed by atoms with Crippen LogP contribution in [0.25, 0.3) is 0 Å². The van der Waals surface area contributed by atoms with Gasteiger partial charge in [0.2, 0.25) is 0 Å². The highest BCUT2D eigenvalue weighted by Crippen LogP contribution is 2.24. The molecule has 2 N–H and O–H groups in total. The molecule has 1 unspecified atom stereocenters. The Morgan fingerprint density at radius 2 is 1.70 bits per heavy atom. The molecular weight excluding hydrogens is 266 g/mol. The molecule has 0 bridgehead atoms. The van der Waals surface area contributed by atoms with Crippen LogP contribution in [0.1, 0.15) is 48.1 Å². The van der Waals surface area contributed by atoms with Gasteiger partial charge in [0.25, 0.3) is 0 Å². The third-order valence-corrected chi connectivity index (χ3v) is 4.12. The first-order valence-electron chi connectivity index (χ1n) is 7.22. The van der Waals surface area contributed by atoms with Gasteiger partial charge >= 0.3 is 0 Å². The number of benzene rings is 2. The maximum absolute atomic E-state index is 6.34. The molecule has 0 heterocycles. The average molecular weight is 288 g/mol. The van der Waals surface area contributed by atoms with Gasteiger partial charge in [0.1, 0.15) is 0 Å². The van der Waals surface area contributed by atoms with E-state index in [4.69, 9.17) is 17.3 Å². The Bertz CT molecular complexity index is 560. The number of aryl methyl sites for hydroxylation is 2. The fraction of sp³-hybridized carbons (Fsp3) is 0.333. The largest absolute Gasteiger partial charge is 0.320 e. The summed E-state index contributed by atoms with van der Waals surface area (Å²) in [5.74, 6) is 0. The fourth-order valence-corrected chi connectivity index (χ4v) is 2.44. The van der Waals surface area contributed by atoms with Crippen molar-refractivity contribution >= 4 is 11.6 Å². The van der Waals surface area contributed by atoms with Crippen LogP contribution in [0.15, 0.2) is 42.5 Å². The number of halogens is 1. The van der Waals surface area contributed by atoms with Gasteiger partial charge < -0.3 is 5.73 Å². The zero-order valence-electron chi connectivity index (χ0n) is 12.2. The summed E-state index contributed by atoms with van der Waals surface area (Å²) < 4.78 is 0. The molecular formula is C18H22ClN. The number of hydrogen-bond acceptors (Lipinski definition) is 1. The molecule has 0 spiro atoms. The molecule has 0 fully saturated rings. The van der Waals surface area contributed by atoms with Gasteiger partial charge in [0.15, 0.2) is 0 Å². The van der Waals surface area contributed by atoms with E-state index >= 15 is 0 Å². The van der Waals surface area contributed by atoms with E-state index in [1.807, 2.05) is 19.1 Å². The fourth-order valence-electron chi connectivity index (χ4n) is 2.33. The standard InChI is InChI=1S/C18H22ClN/c1-3-4-5-14-6-8-15(9-7-14)18(20)16-10-11-17(19)13(2)12-16/h6-12,18H,3-5,20H2,1-2H3. The number of rotatable bonds is 5. The highest BCUT2D eigenvalue weighted by molar-refractivity contribution is 6.31. The highest BCUT2D eigenvalue weighted by atomic mass is 35.5. The lowest BCUT2D eigenvalue weighted by molar-refractivity contribution is 0.793. The second-order valence-electron chi connectivity index (χ2n) is 5.33. The Kier molecular flexibility index (Phi) is 5.22. The first-order valence-corrected chi connectivity index (χ1v) is 7.60. The van der Waals surface area contributed by atoms with Crippen molar-refractivity contribution in [3.63, 3.8) is 0 Å². The van der Waals surface area contributed by atoms with E-state index in [2.05, 4.69) is 37.3 Å². The lowest BCUT2D eigenvalue weighted by Gasteiger charge is -2.14. The van der Waals surface area contributed by atoms with Crippen molar-refractivity contribution < 1.29 is 0 Å². The van der Waals surface area contributed by atoms with Gasteiger partial charge in [-0.1, -0.05) is 61.3 Å². The molecule has 20 heavy (non-hydrogen) atoms. The third-order valence-electron chi connectivity index (χ3n) is 3.70. The predicted octanol–water partition coefficient (Wildman–Crippen LogP) is 5.04. The maximum atomic E-state index is 6.34. The number of unbranched alkanes of at least 4 members (excludes halogenated alkanes) is 1. The summed E-state index contributed by atoms with van der Waals surface area (Å²) in [7, 11) is 0. The molecule has 0 radical (unpaired) electrons. The number of nitrogens with two attached hydrogens (primary N) is 1. The van der Waals surface area contributed by atoms with Gasteiger partial charge in [0.05, 0.1) is 6.04 Å². The molecule has 0 aromatic heterocycles. The van der Waals surface area contributed by atoms with E-state index in [-0.39, 0.29) is 6.04 Å². The lowest BCUT2D eigenvalue weighted by atomic mass is 9.96. The number of hydrogen-bond donors (Lipinski definition) is 1. The first kappa shape index (κ1) is 15.1. The zero-order chi connectivity index (χ0) is 14.5. The second kappa shape index (κ2) is 6.92. The van der Waals surface area contributed by atoms with Crippen LogP contribution >= 0.6 is 11.6 Å². The minimum atomic E-state index is -0.0915. The van der Waals surface area contributed by atoms with E-state index in [1.54, 1.807) is 0 Å². The zero-order valence-corrected chi connectivity index (χ0v) is 13.0. The maximum Gasteiger partial charge on any atom is 0.0551 e. The molecule has 0 amide bonds. The lowest BCUT2D eigenvalue weighted by Crippen LogP contribution is -2.12. The van der Waals surface area contributed by atoms with Gasteiger partial charge in [0, 0.05) is 5.02 Å². The van der Waals surface area contributed by atoms with E-state index in [9.17, 15) is 0 Å². The minimum absolute atomic E-state index is 0.0915. The quantitative estimate of drug-likeness (QED) is 0.819. The molecule has 1 nitrogen and oxygen atoms in total. The Morgan fingerprint density at radius 1 is 1.05 bits per heavy atom. The van der Waals surface area contributed by atoms with Gasteiger partial charge in [-0.25, -0.2) is 0 Å². The van der Waals surface area contributed by atoms with Crippen LogP contribution in [0.2, 0.25) is 5.02 Å². The van der Waals surface area contributed by atoms with Crippen LogP contribution in [0.5, 0.6) is 0 Å². The van der Waals surface area contributed by atoms with Crippen LogP contribution in [0.3, 0.4) is 0 Å². The van der Waals surface area contributed by atoms with E-state index in [0.29, 0.717) is 0 Å². The third kappa shape index (κ3) is 3.62. The summed E-state index contributed by atoms with van der Waals surface area (Å²) in [6, 6.07) is 14.6. The van der Waals surface area contributed by atoms with E-state index < -0.39 is 0 Å². The topological polar surface area (TPSA) is 26.0 Å². The summed E-state index contributed by atoms with van der Waals surface area (Å²) in [5, 5.41) is 0.788. The molecule has 0 aliphatic heterocycles. The highest BCUT2D eigenvalue weighted by Gasteiger charge is 2.10. The van der Waals surface area contributed by atoms with Crippen LogP contribution in [-0.4, -0.2) is 0 Å². The summed E-state index contributed by atoms with van der Waals surface area (Å²) in [6.45, 7) is 4.22. The van der Waals surface area contributed by atoms with Crippen molar-refractivity contribution in [2.45, 2.75) is 39.2 Å². The molecule has 2 aromatic rings. The predicted molar refractivity (Wildman–Crippen MR) is 87.3 cm³/mol. The van der Waals surface area contributed by atoms with E-state index in [0.717, 1.165) is 28.1 Å². The Hall–Kier alpha value is -1.31. The Morgan fingerprint density at radius 3 is 2.30 bits per heavy atom. The SMILES string of the molecule is CCCCc1ccc(C(N)c2ccc(Cl)c(C)c2)cc1. The van der Waals surface area contributed by atoms with Crippen molar-refractivity contribution in [2.75, 3.05) is 0 Å². The average Bonchev–Trinajstić information content (AvgIpc) is 2.48. The Balaban J connectivity index is 2.15. The van der Waals surface area contributed by atoms with Crippen LogP contribution in [0.4, 0.5) is 0 Å². The smallest absolute Gasteiger partial charge is 0.0551 e. The van der Waals surface area contributed by atoms with Crippen molar-refractivity contribution in [2.24, 2.45) is 5.73 Å². The molecule has 106 valence electrons. The molecule has 2 heteroatoms. The molecule has 1 atom stereocenters. The summed E-state index contributed by atoms with van der Waals surface area (Å²) in [6.07, 6.45) is 3.61. The monoisotopic (exact) mass is 287 g/mol. The summed E-state index contributed by atoms with van der Waals surface area (Å²) in [4.78, 5) is 0. The van der Waals surface area contributed by atoms with Crippen molar-refractivity contribution in [3.05, 3.63) is 69.7 Å². The van der Waals surface area contributed by atoms with Crippen molar-refractivity contribution in [3.8, 4) is 0 Å². The van der Waals surface area contributed by atoms with Crippen molar-refractivity contribution in [1.82, 2.24) is 0 Å². The van der Waals surface area contributed by atoms with Gasteiger partial charge in [-0.2, -0.15) is 0 Å². The van der Waals surface area contributed by atoms with Gasteiger partial charge in [-0.05, 0) is 48.1 Å². The van der Waals surface area contributed by atoms with E-state index in [1.165, 1.54) is 18.4 Å². The van der Waals surface area contributed by atoms with Gasteiger partial charge in [-0.15, -0.1) is 0 Å². The van der Waals surface area contributed by atoms with Crippen LogP contribution in [0, 0.1) is 6.92 Å². The molecule has 2 aromatic carbocycles. The molecule has 2 rings (SSSR count). The normalized spacial score (nSPS) is 12.4. The van der Waals surface area contributed by atoms with Crippen LogP contribution < -0.4 is 5.73 Å².